The van der Waals surface area contributed by atoms with Crippen molar-refractivity contribution in [3.63, 3.8) is 0 Å². The second-order valence-corrected chi connectivity index (χ2v) is 3.82. The third kappa shape index (κ3) is 1.75. The fourth-order valence-corrected chi connectivity index (χ4v) is 1.86. The van der Waals surface area contributed by atoms with Crippen molar-refractivity contribution in [2.75, 3.05) is 0 Å². The molecule has 0 saturated heterocycles. The minimum Gasteiger partial charge on any atom is -0.305 e. The topological polar surface area (TPSA) is 58.6 Å². The first kappa shape index (κ1) is 10.6. The number of nitrogens with one attached hydrogen (secondary N) is 1. The average Bonchev–Trinajstić information content (AvgIpc) is 2.38. The number of H-pyrrole nitrogens is 1. The van der Waals surface area contributed by atoms with Gasteiger partial charge < -0.3 is 4.98 Å². The summed E-state index contributed by atoms with van der Waals surface area (Å²) in [6.45, 7) is 0. The van der Waals surface area contributed by atoms with Crippen LogP contribution < -0.4 is 5.69 Å². The molecule has 0 amide bonds. The summed E-state index contributed by atoms with van der Waals surface area (Å²) in [7, 11) is 0. The molecule has 5 heteroatoms. The number of hydrogen-bond acceptors (Lipinski definition) is 3. The van der Waals surface area contributed by atoms with Gasteiger partial charge in [-0.3, -0.25) is 4.98 Å². The van der Waals surface area contributed by atoms with Gasteiger partial charge in [0.15, 0.2) is 0 Å². The monoisotopic (exact) mass is 241 g/mol. The maximum atomic E-state index is 13.2. The van der Waals surface area contributed by atoms with Crippen LogP contribution in [0.3, 0.4) is 0 Å². The molecule has 88 valence electrons. The number of nitrogens with zero attached hydrogens (tertiary/aromatic N) is 2. The Morgan fingerprint density at radius 3 is 2.67 bits per heavy atom. The molecule has 0 spiro atoms. The number of rotatable bonds is 1. The van der Waals surface area contributed by atoms with Gasteiger partial charge in [-0.05, 0) is 30.3 Å². The van der Waals surface area contributed by atoms with Gasteiger partial charge in [-0.1, -0.05) is 0 Å². The Morgan fingerprint density at radius 1 is 1.11 bits per heavy atom. The van der Waals surface area contributed by atoms with Crippen LogP contribution in [0.15, 0.2) is 47.5 Å². The zero-order chi connectivity index (χ0) is 12.5. The smallest absolute Gasteiger partial charge is 0.305 e. The Labute approximate surface area is 101 Å². The Bertz CT molecular complexity index is 768. The maximum Gasteiger partial charge on any atom is 0.345 e. The second-order valence-electron chi connectivity index (χ2n) is 3.82. The van der Waals surface area contributed by atoms with Crippen molar-refractivity contribution in [1.82, 2.24) is 15.0 Å². The molecule has 1 N–H and O–H groups in total. The summed E-state index contributed by atoms with van der Waals surface area (Å²) in [5, 5.41) is 0.696. The summed E-state index contributed by atoms with van der Waals surface area (Å²) in [5.41, 5.74) is 1.23. The molecule has 0 aliphatic heterocycles. The predicted octanol–water partition coefficient (Wildman–Crippen LogP) is 2.12. The summed E-state index contributed by atoms with van der Waals surface area (Å²) < 4.78 is 13.2. The van der Waals surface area contributed by atoms with Crippen LogP contribution in [0.2, 0.25) is 0 Å². The third-order valence-electron chi connectivity index (χ3n) is 2.65. The normalized spacial score (nSPS) is 10.7. The molecule has 18 heavy (non-hydrogen) atoms. The van der Waals surface area contributed by atoms with Crippen LogP contribution in [0.4, 0.5) is 4.39 Å². The highest BCUT2D eigenvalue weighted by Crippen LogP contribution is 2.23. The molecular weight excluding hydrogens is 233 g/mol. The molecule has 0 bridgehead atoms. The van der Waals surface area contributed by atoms with Gasteiger partial charge in [0, 0.05) is 23.3 Å². The van der Waals surface area contributed by atoms with Crippen molar-refractivity contribution in [2.45, 2.75) is 0 Å². The van der Waals surface area contributed by atoms with E-state index in [4.69, 9.17) is 0 Å². The van der Waals surface area contributed by atoms with Gasteiger partial charge >= 0.3 is 5.69 Å². The van der Waals surface area contributed by atoms with Gasteiger partial charge in [0.25, 0.3) is 0 Å². The average molecular weight is 241 g/mol. The van der Waals surface area contributed by atoms with E-state index in [2.05, 4.69) is 15.0 Å². The zero-order valence-corrected chi connectivity index (χ0v) is 9.22. The van der Waals surface area contributed by atoms with E-state index in [1.165, 1.54) is 12.1 Å². The number of halogens is 1. The largest absolute Gasteiger partial charge is 0.345 e. The number of pyridine rings is 1. The van der Waals surface area contributed by atoms with Gasteiger partial charge in [-0.25, -0.2) is 9.18 Å². The summed E-state index contributed by atoms with van der Waals surface area (Å²) in [6, 6.07) is 7.73. The molecule has 0 saturated carbocycles. The zero-order valence-electron chi connectivity index (χ0n) is 9.22. The van der Waals surface area contributed by atoms with Gasteiger partial charge in [0.1, 0.15) is 5.82 Å². The highest BCUT2D eigenvalue weighted by molar-refractivity contribution is 5.91. The standard InChI is InChI=1S/C13H8FN3O/c14-9-1-2-10-11(7-9)16-13(18)17-12(10)8-3-5-15-6-4-8/h1-7H,(H,16,17,18). The molecule has 0 atom stereocenters. The van der Waals surface area contributed by atoms with E-state index in [-0.39, 0.29) is 0 Å². The minimum atomic E-state index is -0.500. The van der Waals surface area contributed by atoms with Crippen molar-refractivity contribution in [3.8, 4) is 11.3 Å². The van der Waals surface area contributed by atoms with Crippen LogP contribution in [0.1, 0.15) is 0 Å². The quantitative estimate of drug-likeness (QED) is 0.710. The van der Waals surface area contributed by atoms with Gasteiger partial charge in [-0.2, -0.15) is 4.98 Å². The number of aromatic amines is 1. The van der Waals surface area contributed by atoms with Crippen molar-refractivity contribution in [1.29, 1.82) is 0 Å². The van der Waals surface area contributed by atoms with Gasteiger partial charge in [0.05, 0.1) is 11.2 Å². The summed E-state index contributed by atoms with van der Waals surface area (Å²) in [5.74, 6) is -0.398. The fraction of sp³-hybridized carbons (Fsp3) is 0. The van der Waals surface area contributed by atoms with Crippen LogP contribution >= 0.6 is 0 Å². The van der Waals surface area contributed by atoms with Crippen molar-refractivity contribution >= 4 is 10.9 Å². The second kappa shape index (κ2) is 4.03. The molecular formula is C13H8FN3O. The Hall–Kier alpha value is -2.56. The number of aromatic nitrogens is 3. The number of hydrogen-bond donors (Lipinski definition) is 1. The van der Waals surface area contributed by atoms with Crippen LogP contribution in [0.5, 0.6) is 0 Å². The molecule has 3 aromatic rings. The first-order valence-electron chi connectivity index (χ1n) is 5.34. The lowest BCUT2D eigenvalue weighted by molar-refractivity contribution is 0.629. The van der Waals surface area contributed by atoms with E-state index < -0.39 is 11.5 Å². The molecule has 0 unspecified atom stereocenters. The third-order valence-corrected chi connectivity index (χ3v) is 2.65. The lowest BCUT2D eigenvalue weighted by Crippen LogP contribution is -2.11. The maximum absolute atomic E-state index is 13.2. The molecule has 0 radical (unpaired) electrons. The molecule has 1 aromatic carbocycles. The van der Waals surface area contributed by atoms with Crippen molar-refractivity contribution < 1.29 is 4.39 Å². The SMILES string of the molecule is O=c1nc(-c2ccncc2)c2ccc(F)cc2[nH]1. The fourth-order valence-electron chi connectivity index (χ4n) is 1.86. The van der Waals surface area contributed by atoms with E-state index in [1.54, 1.807) is 30.6 Å². The van der Waals surface area contributed by atoms with Gasteiger partial charge in [-0.15, -0.1) is 0 Å². The molecule has 3 rings (SSSR count). The molecule has 0 aliphatic carbocycles. The summed E-state index contributed by atoms with van der Waals surface area (Å²) >= 11 is 0. The molecule has 4 nitrogen and oxygen atoms in total. The van der Waals surface area contributed by atoms with E-state index in [0.717, 1.165) is 5.56 Å². The van der Waals surface area contributed by atoms with Crippen molar-refractivity contribution in [2.24, 2.45) is 0 Å². The van der Waals surface area contributed by atoms with E-state index in [1.807, 2.05) is 0 Å². The first-order chi connectivity index (χ1) is 8.74. The number of benzene rings is 1. The minimum absolute atomic E-state index is 0.398. The molecule has 0 aliphatic rings. The number of fused-ring (bicyclic) bond motifs is 1. The van der Waals surface area contributed by atoms with E-state index in [9.17, 15) is 9.18 Å². The van der Waals surface area contributed by atoms with E-state index >= 15 is 0 Å². The Balaban J connectivity index is 2.39. The van der Waals surface area contributed by atoms with Gasteiger partial charge in [0.2, 0.25) is 0 Å². The van der Waals surface area contributed by atoms with Crippen LogP contribution in [0, 0.1) is 5.82 Å². The summed E-state index contributed by atoms with van der Waals surface area (Å²) in [4.78, 5) is 21.9. The van der Waals surface area contributed by atoms with Crippen molar-refractivity contribution in [3.05, 3.63) is 59.0 Å². The van der Waals surface area contributed by atoms with Crippen LogP contribution in [-0.4, -0.2) is 15.0 Å². The highest BCUT2D eigenvalue weighted by Gasteiger charge is 2.07. The Morgan fingerprint density at radius 2 is 1.89 bits per heavy atom. The lowest BCUT2D eigenvalue weighted by atomic mass is 10.1. The Kier molecular flexibility index (Phi) is 2.37. The molecule has 2 heterocycles. The summed E-state index contributed by atoms with van der Waals surface area (Å²) in [6.07, 6.45) is 3.24. The first-order valence-corrected chi connectivity index (χ1v) is 5.34. The highest BCUT2D eigenvalue weighted by atomic mass is 19.1. The van der Waals surface area contributed by atoms with Crippen LogP contribution in [-0.2, 0) is 0 Å². The molecule has 2 aromatic heterocycles. The van der Waals surface area contributed by atoms with Crippen LogP contribution in [0.25, 0.3) is 22.2 Å². The molecule has 0 fully saturated rings. The predicted molar refractivity (Wildman–Crippen MR) is 65.6 cm³/mol. The van der Waals surface area contributed by atoms with E-state index in [0.29, 0.717) is 16.6 Å². The lowest BCUT2D eigenvalue weighted by Gasteiger charge is -2.04.